The fourth-order valence-corrected chi connectivity index (χ4v) is 2.78. The summed E-state index contributed by atoms with van der Waals surface area (Å²) in [6.45, 7) is 6.60. The number of ether oxygens (including phenoxy) is 2. The van der Waals surface area contributed by atoms with Crippen molar-refractivity contribution in [1.29, 1.82) is 0 Å². The average molecular weight is 368 g/mol. The third kappa shape index (κ3) is 4.84. The van der Waals surface area contributed by atoms with Crippen LogP contribution in [-0.4, -0.2) is 47.1 Å². The number of aromatic nitrogens is 1. The number of hydrogen-bond acceptors (Lipinski definition) is 5. The fraction of sp³-hybridized carbons (Fsp3) is 0.381. The first-order chi connectivity index (χ1) is 12.9. The number of benzene rings is 1. The molecule has 1 aliphatic heterocycles. The molecule has 0 unspecified atom stereocenters. The molecule has 3 rings (SSSR count). The molecule has 27 heavy (non-hydrogen) atoms. The van der Waals surface area contributed by atoms with Crippen LogP contribution in [0.5, 0.6) is 5.88 Å². The van der Waals surface area contributed by atoms with Crippen molar-refractivity contribution < 1.29 is 19.1 Å². The predicted octanol–water partition coefficient (Wildman–Crippen LogP) is 3.95. The quantitative estimate of drug-likeness (QED) is 0.748. The monoisotopic (exact) mass is 368 g/mol. The number of carbonyl (C=O) groups excluding carboxylic acids is 2. The normalized spacial score (nSPS) is 16.4. The third-order valence-electron chi connectivity index (χ3n) is 4.24. The molecule has 1 aliphatic rings. The topological polar surface area (TPSA) is 68.7 Å². The first-order valence-electron chi connectivity index (χ1n) is 9.01. The first kappa shape index (κ1) is 18.9. The molecule has 2 aromatic rings. The maximum atomic E-state index is 12.2. The summed E-state index contributed by atoms with van der Waals surface area (Å²) >= 11 is 0. The standard InChI is InChI=1S/C21H24N2O4/c1-21(2,3)27-20(25)23-11-10-17(23)14-26-19-9-5-8-18(22-19)16-7-4-6-15(12-16)13-24/h4-9,12-13,17H,10-11,14H2,1-3H3/t17-/m1/s1. The lowest BCUT2D eigenvalue weighted by atomic mass is 10.1. The number of nitrogens with zero attached hydrogens (tertiary/aromatic N) is 2. The molecule has 0 spiro atoms. The Balaban J connectivity index is 1.62. The van der Waals surface area contributed by atoms with E-state index < -0.39 is 5.60 Å². The summed E-state index contributed by atoms with van der Waals surface area (Å²) in [7, 11) is 0. The maximum Gasteiger partial charge on any atom is 0.410 e. The second-order valence-corrected chi connectivity index (χ2v) is 7.53. The van der Waals surface area contributed by atoms with E-state index in [0.717, 1.165) is 24.0 Å². The molecule has 0 aliphatic carbocycles. The molecule has 1 amide bonds. The highest BCUT2D eigenvalue weighted by molar-refractivity contribution is 5.78. The SMILES string of the molecule is CC(C)(C)OC(=O)N1CC[C@@H]1COc1cccc(-c2cccc(C=O)c2)n1. The van der Waals surface area contributed by atoms with Gasteiger partial charge in [0.05, 0.1) is 11.7 Å². The molecule has 6 nitrogen and oxygen atoms in total. The van der Waals surface area contributed by atoms with Gasteiger partial charge >= 0.3 is 6.09 Å². The summed E-state index contributed by atoms with van der Waals surface area (Å²) in [5.41, 5.74) is 1.67. The highest BCUT2D eigenvalue weighted by Gasteiger charge is 2.35. The summed E-state index contributed by atoms with van der Waals surface area (Å²) in [6, 6.07) is 12.8. The van der Waals surface area contributed by atoms with Gasteiger partial charge in [-0.1, -0.05) is 24.3 Å². The molecule has 0 radical (unpaired) electrons. The van der Waals surface area contributed by atoms with E-state index in [2.05, 4.69) is 4.98 Å². The molecular weight excluding hydrogens is 344 g/mol. The van der Waals surface area contributed by atoms with E-state index in [4.69, 9.17) is 9.47 Å². The molecule has 0 saturated carbocycles. The number of likely N-dealkylation sites (tertiary alicyclic amines) is 1. The van der Waals surface area contributed by atoms with Crippen LogP contribution in [0, 0.1) is 0 Å². The van der Waals surface area contributed by atoms with Crippen LogP contribution in [0.15, 0.2) is 42.5 Å². The average Bonchev–Trinajstić information content (AvgIpc) is 2.59. The van der Waals surface area contributed by atoms with Crippen molar-refractivity contribution in [1.82, 2.24) is 9.88 Å². The van der Waals surface area contributed by atoms with Crippen molar-refractivity contribution in [3.05, 3.63) is 48.0 Å². The number of amides is 1. The van der Waals surface area contributed by atoms with Crippen molar-refractivity contribution in [2.45, 2.75) is 38.8 Å². The lowest BCUT2D eigenvalue weighted by Crippen LogP contribution is -2.55. The van der Waals surface area contributed by atoms with Crippen LogP contribution in [0.1, 0.15) is 37.6 Å². The Labute approximate surface area is 159 Å². The summed E-state index contributed by atoms with van der Waals surface area (Å²) < 4.78 is 11.2. The van der Waals surface area contributed by atoms with Gasteiger partial charge in [-0.15, -0.1) is 0 Å². The van der Waals surface area contributed by atoms with Crippen LogP contribution >= 0.6 is 0 Å². The van der Waals surface area contributed by atoms with E-state index >= 15 is 0 Å². The van der Waals surface area contributed by atoms with Crippen molar-refractivity contribution in [3.63, 3.8) is 0 Å². The van der Waals surface area contributed by atoms with Gasteiger partial charge in [0.1, 0.15) is 18.5 Å². The number of pyridine rings is 1. The van der Waals surface area contributed by atoms with E-state index in [1.807, 2.05) is 45.0 Å². The molecule has 1 fully saturated rings. The molecule has 0 N–H and O–H groups in total. The van der Waals surface area contributed by atoms with Gasteiger partial charge in [0, 0.05) is 23.7 Å². The zero-order valence-corrected chi connectivity index (χ0v) is 15.8. The minimum absolute atomic E-state index is 0.0105. The van der Waals surface area contributed by atoms with Crippen LogP contribution in [0.2, 0.25) is 0 Å². The predicted molar refractivity (Wildman–Crippen MR) is 102 cm³/mol. The Bertz CT molecular complexity index is 829. The Kier molecular flexibility index (Phi) is 5.44. The second-order valence-electron chi connectivity index (χ2n) is 7.53. The van der Waals surface area contributed by atoms with Gasteiger partial charge in [-0.05, 0) is 39.3 Å². The molecule has 0 bridgehead atoms. The molecule has 6 heteroatoms. The van der Waals surface area contributed by atoms with Gasteiger partial charge in [0.2, 0.25) is 5.88 Å². The first-order valence-corrected chi connectivity index (χ1v) is 9.01. The van der Waals surface area contributed by atoms with Crippen molar-refractivity contribution >= 4 is 12.4 Å². The summed E-state index contributed by atoms with van der Waals surface area (Å²) in [5, 5.41) is 0. The molecule has 142 valence electrons. The molecule has 1 saturated heterocycles. The van der Waals surface area contributed by atoms with Crippen LogP contribution in [-0.2, 0) is 4.74 Å². The lowest BCUT2D eigenvalue weighted by molar-refractivity contribution is -0.0144. The van der Waals surface area contributed by atoms with Crippen LogP contribution in [0.4, 0.5) is 4.79 Å². The van der Waals surface area contributed by atoms with Crippen LogP contribution in [0.25, 0.3) is 11.3 Å². The minimum atomic E-state index is -0.510. The Morgan fingerprint density at radius 3 is 2.70 bits per heavy atom. The number of rotatable bonds is 5. The van der Waals surface area contributed by atoms with Gasteiger partial charge < -0.3 is 14.4 Å². The number of carbonyl (C=O) groups is 2. The molecular formula is C21H24N2O4. The minimum Gasteiger partial charge on any atom is -0.475 e. The molecule has 1 atom stereocenters. The second kappa shape index (κ2) is 7.78. The zero-order chi connectivity index (χ0) is 19.4. The Morgan fingerprint density at radius 2 is 2.04 bits per heavy atom. The van der Waals surface area contributed by atoms with E-state index in [1.54, 1.807) is 23.1 Å². The van der Waals surface area contributed by atoms with Gasteiger partial charge in [-0.3, -0.25) is 4.79 Å². The maximum absolute atomic E-state index is 12.2. The Morgan fingerprint density at radius 1 is 1.26 bits per heavy atom. The lowest BCUT2D eigenvalue weighted by Gasteiger charge is -2.40. The number of aldehydes is 1. The summed E-state index contributed by atoms with van der Waals surface area (Å²) in [6.07, 6.45) is 1.38. The van der Waals surface area contributed by atoms with Crippen LogP contribution < -0.4 is 4.74 Å². The van der Waals surface area contributed by atoms with Gasteiger partial charge in [0.25, 0.3) is 0 Å². The van der Waals surface area contributed by atoms with Gasteiger partial charge in [-0.2, -0.15) is 0 Å². The van der Waals surface area contributed by atoms with Crippen molar-refractivity contribution in [3.8, 4) is 17.1 Å². The highest BCUT2D eigenvalue weighted by Crippen LogP contribution is 2.24. The summed E-state index contributed by atoms with van der Waals surface area (Å²) in [5.74, 6) is 0.486. The third-order valence-corrected chi connectivity index (χ3v) is 4.24. The van der Waals surface area contributed by atoms with E-state index in [1.165, 1.54) is 0 Å². The van der Waals surface area contributed by atoms with Gasteiger partial charge in [0.15, 0.2) is 0 Å². The highest BCUT2D eigenvalue weighted by atomic mass is 16.6. The van der Waals surface area contributed by atoms with Crippen LogP contribution in [0.3, 0.4) is 0 Å². The molecule has 2 heterocycles. The number of hydrogen-bond donors (Lipinski definition) is 0. The van der Waals surface area contributed by atoms with E-state index in [-0.39, 0.29) is 12.1 Å². The summed E-state index contributed by atoms with van der Waals surface area (Å²) in [4.78, 5) is 29.3. The molecule has 1 aromatic heterocycles. The van der Waals surface area contributed by atoms with Crippen molar-refractivity contribution in [2.75, 3.05) is 13.2 Å². The van der Waals surface area contributed by atoms with E-state index in [0.29, 0.717) is 24.6 Å². The van der Waals surface area contributed by atoms with Crippen molar-refractivity contribution in [2.24, 2.45) is 0 Å². The molecule has 1 aromatic carbocycles. The Hall–Kier alpha value is -2.89. The fourth-order valence-electron chi connectivity index (χ4n) is 2.78. The zero-order valence-electron chi connectivity index (χ0n) is 15.8. The smallest absolute Gasteiger partial charge is 0.410 e. The van der Waals surface area contributed by atoms with Gasteiger partial charge in [-0.25, -0.2) is 9.78 Å². The van der Waals surface area contributed by atoms with E-state index in [9.17, 15) is 9.59 Å². The largest absolute Gasteiger partial charge is 0.475 e.